The van der Waals surface area contributed by atoms with E-state index in [9.17, 15) is 4.79 Å². The van der Waals surface area contributed by atoms with Gasteiger partial charge in [-0.15, -0.1) is 0 Å². The first-order chi connectivity index (χ1) is 17.5. The lowest BCUT2D eigenvalue weighted by Crippen LogP contribution is -2.38. The summed E-state index contributed by atoms with van der Waals surface area (Å²) in [5.41, 5.74) is 3.75. The molecule has 36 heavy (non-hydrogen) atoms. The summed E-state index contributed by atoms with van der Waals surface area (Å²) in [6, 6.07) is 10.3. The molecule has 0 bridgehead atoms. The van der Waals surface area contributed by atoms with E-state index in [-0.39, 0.29) is 42.3 Å². The van der Waals surface area contributed by atoms with Crippen molar-refractivity contribution >= 4 is 28.8 Å². The van der Waals surface area contributed by atoms with Crippen LogP contribution in [0.2, 0.25) is 0 Å². The summed E-state index contributed by atoms with van der Waals surface area (Å²) in [6.45, 7) is 6.02. The zero-order valence-electron chi connectivity index (χ0n) is 21.1. The van der Waals surface area contributed by atoms with E-state index in [1.807, 2.05) is 23.1 Å². The summed E-state index contributed by atoms with van der Waals surface area (Å²) in [5.74, 6) is 0.976. The molecule has 0 unspecified atom stereocenters. The number of aromatic nitrogens is 1. The lowest BCUT2D eigenvalue weighted by atomic mass is 9.86. The fraction of sp³-hybridized carbons (Fsp3) is 0.571. The Morgan fingerprint density at radius 2 is 2.03 bits per heavy atom. The van der Waals surface area contributed by atoms with Crippen LogP contribution in [0.5, 0.6) is 0 Å². The van der Waals surface area contributed by atoms with Gasteiger partial charge in [-0.05, 0) is 70.2 Å². The summed E-state index contributed by atoms with van der Waals surface area (Å²) in [5, 5.41) is 7.09. The van der Waals surface area contributed by atoms with Gasteiger partial charge in [-0.1, -0.05) is 6.07 Å². The minimum atomic E-state index is -0.00409. The van der Waals surface area contributed by atoms with Crippen molar-refractivity contribution in [2.24, 2.45) is 5.92 Å². The zero-order valence-corrected chi connectivity index (χ0v) is 21.1. The molecule has 1 aliphatic carbocycles. The topological polar surface area (TPSA) is 85.0 Å². The van der Waals surface area contributed by atoms with Crippen molar-refractivity contribution in [3.8, 4) is 0 Å². The number of carbonyl (C=O) groups is 1. The van der Waals surface area contributed by atoms with Gasteiger partial charge < -0.3 is 29.7 Å². The molecule has 0 spiro atoms. The van der Waals surface area contributed by atoms with Crippen molar-refractivity contribution in [2.75, 3.05) is 28.7 Å². The number of hydrogen-bond acceptors (Lipinski definition) is 7. The number of pyridine rings is 1. The standard InChI is InChI=1S/C28H36N4O4/c1-17(2)36-21-8-5-18(6-9-21)28(33)32-15-19-4-3-12-29-27(19)31-22-10-7-20(14-24(22)32)30-23-16-35-25-11-13-34-26(23)25/h3-4,7,10,12,14,17-18,21,23,25-26,30H,5-6,8-9,11,13,15-16H2,1-2H3,(H,29,31)/t18-,21-,23-,25-,26-/m1/s1. The van der Waals surface area contributed by atoms with Gasteiger partial charge >= 0.3 is 0 Å². The molecule has 2 saturated heterocycles. The molecule has 8 heteroatoms. The molecule has 6 rings (SSSR count). The van der Waals surface area contributed by atoms with E-state index in [2.05, 4.69) is 41.6 Å². The molecule has 3 fully saturated rings. The maximum absolute atomic E-state index is 14.0. The van der Waals surface area contributed by atoms with Crippen LogP contribution in [0.25, 0.3) is 0 Å². The van der Waals surface area contributed by atoms with E-state index < -0.39 is 0 Å². The lowest BCUT2D eigenvalue weighted by molar-refractivity contribution is -0.124. The molecule has 4 aliphatic rings. The fourth-order valence-corrected chi connectivity index (χ4v) is 6.07. The van der Waals surface area contributed by atoms with Gasteiger partial charge in [0.15, 0.2) is 0 Å². The molecule has 8 nitrogen and oxygen atoms in total. The van der Waals surface area contributed by atoms with Gasteiger partial charge in [0.05, 0.1) is 48.9 Å². The van der Waals surface area contributed by atoms with Gasteiger partial charge in [0.1, 0.15) is 11.9 Å². The molecule has 1 saturated carbocycles. The normalized spacial score (nSPS) is 29.2. The van der Waals surface area contributed by atoms with Crippen LogP contribution in [0.15, 0.2) is 36.5 Å². The maximum Gasteiger partial charge on any atom is 0.230 e. The number of amides is 1. The number of hydrogen-bond donors (Lipinski definition) is 2. The first-order valence-electron chi connectivity index (χ1n) is 13.4. The second kappa shape index (κ2) is 10.00. The van der Waals surface area contributed by atoms with E-state index >= 15 is 0 Å². The number of nitrogens with one attached hydrogen (secondary N) is 2. The molecular weight excluding hydrogens is 456 g/mol. The number of benzene rings is 1. The molecule has 1 aromatic heterocycles. The van der Waals surface area contributed by atoms with Crippen molar-refractivity contribution in [1.29, 1.82) is 0 Å². The Bertz CT molecular complexity index is 1100. The van der Waals surface area contributed by atoms with Crippen LogP contribution in [0.3, 0.4) is 0 Å². The highest BCUT2D eigenvalue weighted by molar-refractivity contribution is 6.00. The second-order valence-corrected chi connectivity index (χ2v) is 10.7. The number of anilines is 4. The number of nitrogens with zero attached hydrogens (tertiary/aromatic N) is 2. The maximum atomic E-state index is 14.0. The highest BCUT2D eigenvalue weighted by atomic mass is 16.6. The van der Waals surface area contributed by atoms with E-state index in [4.69, 9.17) is 14.2 Å². The highest BCUT2D eigenvalue weighted by Crippen LogP contribution is 2.40. The summed E-state index contributed by atoms with van der Waals surface area (Å²) < 4.78 is 17.9. The van der Waals surface area contributed by atoms with Crippen LogP contribution >= 0.6 is 0 Å². The monoisotopic (exact) mass is 492 g/mol. The molecule has 1 amide bonds. The number of carbonyl (C=O) groups excluding carboxylic acids is 1. The zero-order chi connectivity index (χ0) is 24.6. The molecule has 1 aromatic carbocycles. The van der Waals surface area contributed by atoms with Crippen molar-refractivity contribution in [2.45, 2.75) is 83.0 Å². The third-order valence-electron chi connectivity index (χ3n) is 7.83. The van der Waals surface area contributed by atoms with Gasteiger partial charge in [0.25, 0.3) is 0 Å². The summed E-state index contributed by atoms with van der Waals surface area (Å²) in [4.78, 5) is 20.5. The first-order valence-corrected chi connectivity index (χ1v) is 13.4. The van der Waals surface area contributed by atoms with Crippen molar-refractivity contribution in [1.82, 2.24) is 4.98 Å². The van der Waals surface area contributed by atoms with Crippen molar-refractivity contribution < 1.29 is 19.0 Å². The van der Waals surface area contributed by atoms with E-state index in [0.717, 1.165) is 67.2 Å². The van der Waals surface area contributed by atoms with Gasteiger partial charge in [-0.3, -0.25) is 4.79 Å². The Kier molecular flexibility index (Phi) is 6.58. The highest BCUT2D eigenvalue weighted by Gasteiger charge is 2.42. The van der Waals surface area contributed by atoms with Crippen LogP contribution in [-0.2, 0) is 25.5 Å². The van der Waals surface area contributed by atoms with Gasteiger partial charge in [0.2, 0.25) is 5.91 Å². The first kappa shape index (κ1) is 23.7. The summed E-state index contributed by atoms with van der Waals surface area (Å²) >= 11 is 0. The van der Waals surface area contributed by atoms with Crippen LogP contribution in [0.1, 0.15) is 51.5 Å². The molecule has 0 radical (unpaired) electrons. The summed E-state index contributed by atoms with van der Waals surface area (Å²) in [7, 11) is 0. The van der Waals surface area contributed by atoms with Crippen molar-refractivity contribution in [3.63, 3.8) is 0 Å². The third kappa shape index (κ3) is 4.69. The smallest absolute Gasteiger partial charge is 0.230 e. The Hall–Kier alpha value is -2.68. The van der Waals surface area contributed by atoms with Crippen LogP contribution in [0.4, 0.5) is 22.9 Å². The minimum absolute atomic E-state index is 0.00409. The predicted molar refractivity (Wildman–Crippen MR) is 139 cm³/mol. The molecule has 2 N–H and O–H groups in total. The van der Waals surface area contributed by atoms with Crippen LogP contribution in [-0.4, -0.2) is 54.6 Å². The Balaban J connectivity index is 1.26. The third-order valence-corrected chi connectivity index (χ3v) is 7.83. The van der Waals surface area contributed by atoms with Crippen LogP contribution < -0.4 is 15.5 Å². The minimum Gasteiger partial charge on any atom is -0.377 e. The summed E-state index contributed by atoms with van der Waals surface area (Å²) in [6.07, 6.45) is 7.03. The van der Waals surface area contributed by atoms with Gasteiger partial charge in [0, 0.05) is 30.0 Å². The SMILES string of the molecule is CC(C)O[C@H]1CC[C@H](C(=O)N2Cc3cccnc3Nc3ccc(N[C@@H]4CO[C@@H]5CCO[C@H]45)cc32)CC1. The molecule has 2 aromatic rings. The predicted octanol–water partition coefficient (Wildman–Crippen LogP) is 4.62. The van der Waals surface area contributed by atoms with Crippen LogP contribution in [0, 0.1) is 5.92 Å². The average Bonchev–Trinajstić information content (AvgIpc) is 3.45. The van der Waals surface area contributed by atoms with E-state index in [0.29, 0.717) is 13.2 Å². The fourth-order valence-electron chi connectivity index (χ4n) is 6.07. The molecule has 4 heterocycles. The average molecular weight is 493 g/mol. The largest absolute Gasteiger partial charge is 0.377 e. The second-order valence-electron chi connectivity index (χ2n) is 10.7. The van der Waals surface area contributed by atoms with E-state index in [1.165, 1.54) is 0 Å². The van der Waals surface area contributed by atoms with Crippen molar-refractivity contribution in [3.05, 3.63) is 42.1 Å². The lowest BCUT2D eigenvalue weighted by Gasteiger charge is -2.33. The Morgan fingerprint density at radius 3 is 2.86 bits per heavy atom. The Labute approximate surface area is 212 Å². The number of fused-ring (bicyclic) bond motifs is 3. The molecular formula is C28H36N4O4. The quantitative estimate of drug-likeness (QED) is 0.630. The van der Waals surface area contributed by atoms with Gasteiger partial charge in [-0.25, -0.2) is 4.98 Å². The molecule has 3 atom stereocenters. The number of rotatable bonds is 5. The number of ether oxygens (including phenoxy) is 3. The van der Waals surface area contributed by atoms with E-state index in [1.54, 1.807) is 6.20 Å². The molecule has 3 aliphatic heterocycles. The van der Waals surface area contributed by atoms with Gasteiger partial charge in [-0.2, -0.15) is 0 Å². The molecule has 192 valence electrons. The Morgan fingerprint density at radius 1 is 1.17 bits per heavy atom.